The van der Waals surface area contributed by atoms with Crippen LogP contribution in [0.4, 0.5) is 11.4 Å². The molecular weight excluding hydrogens is 372 g/mol. The summed E-state index contributed by atoms with van der Waals surface area (Å²) in [5.74, 6) is 0.0712. The van der Waals surface area contributed by atoms with E-state index in [9.17, 15) is 9.59 Å². The molecule has 2 aromatic carbocycles. The van der Waals surface area contributed by atoms with Crippen LogP contribution in [-0.2, 0) is 9.59 Å². The third-order valence-electron chi connectivity index (χ3n) is 3.52. The quantitative estimate of drug-likeness (QED) is 0.845. The highest BCUT2D eigenvalue weighted by Gasteiger charge is 2.17. The number of hydrogen-bond acceptors (Lipinski definition) is 3. The first-order valence-corrected chi connectivity index (χ1v) is 8.18. The minimum Gasteiger partial charge on any atom is -0.495 e. The van der Waals surface area contributed by atoms with Gasteiger partial charge in [0.2, 0.25) is 11.8 Å². The Morgan fingerprint density at radius 1 is 1.21 bits per heavy atom. The lowest BCUT2D eigenvalue weighted by molar-refractivity contribution is -0.120. The molecule has 0 aliphatic heterocycles. The van der Waals surface area contributed by atoms with E-state index < -0.39 is 0 Å². The molecule has 0 fully saturated rings. The van der Waals surface area contributed by atoms with Gasteiger partial charge in [-0.3, -0.25) is 9.59 Å². The molecule has 0 saturated carbocycles. The highest BCUT2D eigenvalue weighted by atomic mass is 79.9. The van der Waals surface area contributed by atoms with E-state index in [0.29, 0.717) is 17.1 Å². The van der Waals surface area contributed by atoms with E-state index in [-0.39, 0.29) is 18.4 Å². The van der Waals surface area contributed by atoms with Crippen LogP contribution < -0.4 is 15.0 Å². The number of hydrogen-bond donors (Lipinski definition) is 1. The summed E-state index contributed by atoms with van der Waals surface area (Å²) in [4.78, 5) is 25.7. The Bertz CT molecular complexity index is 762. The fourth-order valence-electron chi connectivity index (χ4n) is 2.26. The van der Waals surface area contributed by atoms with Crippen molar-refractivity contribution in [2.24, 2.45) is 0 Å². The minimum absolute atomic E-state index is 0.0749. The zero-order chi connectivity index (χ0) is 17.7. The number of ether oxygens (including phenoxy) is 1. The number of carbonyl (C=O) groups is 2. The molecular formula is C18H19BrN2O3. The van der Waals surface area contributed by atoms with Crippen molar-refractivity contribution in [2.75, 3.05) is 23.9 Å². The van der Waals surface area contributed by atoms with Crippen LogP contribution >= 0.6 is 15.9 Å². The number of halogens is 1. The summed E-state index contributed by atoms with van der Waals surface area (Å²) in [6.45, 7) is 3.29. The Morgan fingerprint density at radius 3 is 2.54 bits per heavy atom. The molecule has 0 unspecified atom stereocenters. The summed E-state index contributed by atoms with van der Waals surface area (Å²) in [6, 6.07) is 12.7. The average Bonchev–Trinajstić information content (AvgIpc) is 2.55. The van der Waals surface area contributed by atoms with Crippen LogP contribution in [0.15, 0.2) is 46.9 Å². The van der Waals surface area contributed by atoms with Crippen LogP contribution in [0, 0.1) is 6.92 Å². The molecule has 2 aromatic rings. The van der Waals surface area contributed by atoms with Gasteiger partial charge in [0.1, 0.15) is 12.3 Å². The molecule has 1 N–H and O–H groups in total. The van der Waals surface area contributed by atoms with Crippen LogP contribution in [0.2, 0.25) is 0 Å². The molecule has 24 heavy (non-hydrogen) atoms. The summed E-state index contributed by atoms with van der Waals surface area (Å²) < 4.78 is 6.16. The third-order valence-corrected chi connectivity index (χ3v) is 4.41. The molecule has 126 valence electrons. The first kappa shape index (κ1) is 18.0. The summed E-state index contributed by atoms with van der Waals surface area (Å²) in [7, 11) is 1.54. The van der Waals surface area contributed by atoms with Gasteiger partial charge in [-0.1, -0.05) is 28.1 Å². The number of rotatable bonds is 5. The molecule has 0 aromatic heterocycles. The van der Waals surface area contributed by atoms with Crippen molar-refractivity contribution in [3.05, 3.63) is 52.5 Å². The molecule has 0 radical (unpaired) electrons. The Morgan fingerprint density at radius 2 is 1.92 bits per heavy atom. The number of anilines is 2. The van der Waals surface area contributed by atoms with Gasteiger partial charge in [0, 0.05) is 17.1 Å². The van der Waals surface area contributed by atoms with Crippen molar-refractivity contribution in [3.8, 4) is 5.75 Å². The van der Waals surface area contributed by atoms with Crippen LogP contribution in [0.25, 0.3) is 0 Å². The molecule has 6 heteroatoms. The molecule has 0 aliphatic rings. The molecule has 0 spiro atoms. The number of para-hydroxylation sites is 2. The van der Waals surface area contributed by atoms with E-state index in [1.807, 2.05) is 25.1 Å². The van der Waals surface area contributed by atoms with Crippen molar-refractivity contribution in [1.29, 1.82) is 0 Å². The normalized spacial score (nSPS) is 10.2. The lowest BCUT2D eigenvalue weighted by Gasteiger charge is -2.21. The molecule has 2 rings (SSSR count). The van der Waals surface area contributed by atoms with Gasteiger partial charge in [0.05, 0.1) is 12.8 Å². The largest absolute Gasteiger partial charge is 0.495 e. The van der Waals surface area contributed by atoms with E-state index in [0.717, 1.165) is 10.0 Å². The number of nitrogens with zero attached hydrogens (tertiary/aromatic N) is 1. The maximum Gasteiger partial charge on any atom is 0.244 e. The first-order chi connectivity index (χ1) is 11.4. The number of nitrogens with one attached hydrogen (secondary N) is 1. The molecule has 0 heterocycles. The number of aryl methyl sites for hydroxylation is 1. The Hall–Kier alpha value is -2.34. The first-order valence-electron chi connectivity index (χ1n) is 7.39. The van der Waals surface area contributed by atoms with Crippen LogP contribution in [0.1, 0.15) is 12.5 Å². The van der Waals surface area contributed by atoms with Gasteiger partial charge in [0.25, 0.3) is 0 Å². The topological polar surface area (TPSA) is 58.6 Å². The summed E-state index contributed by atoms with van der Waals surface area (Å²) >= 11 is 3.43. The summed E-state index contributed by atoms with van der Waals surface area (Å²) in [5.41, 5.74) is 2.24. The molecule has 0 saturated heterocycles. The highest BCUT2D eigenvalue weighted by molar-refractivity contribution is 9.10. The van der Waals surface area contributed by atoms with Crippen LogP contribution in [0.5, 0.6) is 5.75 Å². The van der Waals surface area contributed by atoms with Gasteiger partial charge in [0.15, 0.2) is 0 Å². The third kappa shape index (κ3) is 4.35. The Labute approximate surface area is 149 Å². The second-order valence-corrected chi connectivity index (χ2v) is 6.14. The molecule has 5 nitrogen and oxygen atoms in total. The average molecular weight is 391 g/mol. The van der Waals surface area contributed by atoms with Gasteiger partial charge in [-0.25, -0.2) is 0 Å². The lowest BCUT2D eigenvalue weighted by atomic mass is 10.2. The maximum absolute atomic E-state index is 12.4. The smallest absolute Gasteiger partial charge is 0.244 e. The maximum atomic E-state index is 12.4. The molecule has 0 atom stereocenters. The number of amides is 2. The van der Waals surface area contributed by atoms with Crippen molar-refractivity contribution in [3.63, 3.8) is 0 Å². The minimum atomic E-state index is -0.296. The number of benzene rings is 2. The number of methoxy groups -OCH3 is 1. The molecule has 0 bridgehead atoms. The summed E-state index contributed by atoms with van der Waals surface area (Å²) in [5, 5.41) is 2.78. The van der Waals surface area contributed by atoms with E-state index in [1.54, 1.807) is 24.3 Å². The van der Waals surface area contributed by atoms with E-state index in [1.165, 1.54) is 18.9 Å². The van der Waals surface area contributed by atoms with Crippen LogP contribution in [0.3, 0.4) is 0 Å². The summed E-state index contributed by atoms with van der Waals surface area (Å²) in [6.07, 6.45) is 0. The Balaban J connectivity index is 2.17. The van der Waals surface area contributed by atoms with Gasteiger partial charge in [-0.05, 0) is 42.8 Å². The number of carbonyl (C=O) groups excluding carboxylic acids is 2. The van der Waals surface area contributed by atoms with Crippen molar-refractivity contribution in [1.82, 2.24) is 0 Å². The van der Waals surface area contributed by atoms with E-state index in [2.05, 4.69) is 21.2 Å². The fraction of sp³-hybridized carbons (Fsp3) is 0.222. The fourth-order valence-corrected chi connectivity index (χ4v) is 2.51. The van der Waals surface area contributed by atoms with Gasteiger partial charge in [-0.2, -0.15) is 0 Å². The van der Waals surface area contributed by atoms with E-state index in [4.69, 9.17) is 4.74 Å². The SMILES string of the molecule is COc1ccccc1NC(=O)CN(C(C)=O)c1ccc(Br)c(C)c1. The second-order valence-electron chi connectivity index (χ2n) is 5.29. The Kier molecular flexibility index (Phi) is 5.98. The van der Waals surface area contributed by atoms with Crippen molar-refractivity contribution >= 4 is 39.1 Å². The second kappa shape index (κ2) is 7.97. The highest BCUT2D eigenvalue weighted by Crippen LogP contribution is 2.25. The van der Waals surface area contributed by atoms with E-state index >= 15 is 0 Å². The molecule has 2 amide bonds. The monoisotopic (exact) mass is 390 g/mol. The van der Waals surface area contributed by atoms with Crippen LogP contribution in [-0.4, -0.2) is 25.5 Å². The standard InChI is InChI=1S/C18H19BrN2O3/c1-12-10-14(8-9-15(12)19)21(13(2)22)11-18(23)20-16-6-4-5-7-17(16)24-3/h4-10H,11H2,1-3H3,(H,20,23). The van der Waals surface area contributed by atoms with Gasteiger partial charge in [-0.15, -0.1) is 0 Å². The molecule has 0 aliphatic carbocycles. The zero-order valence-electron chi connectivity index (χ0n) is 13.8. The van der Waals surface area contributed by atoms with Crippen molar-refractivity contribution < 1.29 is 14.3 Å². The predicted octanol–water partition coefficient (Wildman–Crippen LogP) is 3.76. The predicted molar refractivity (Wildman–Crippen MR) is 98.5 cm³/mol. The van der Waals surface area contributed by atoms with Gasteiger partial charge < -0.3 is 15.0 Å². The zero-order valence-corrected chi connectivity index (χ0v) is 15.4. The van der Waals surface area contributed by atoms with Crippen molar-refractivity contribution in [2.45, 2.75) is 13.8 Å². The van der Waals surface area contributed by atoms with Gasteiger partial charge >= 0.3 is 0 Å². The lowest BCUT2D eigenvalue weighted by Crippen LogP contribution is -2.36.